The average molecular weight is 269 g/mol. The third-order valence-electron chi connectivity index (χ3n) is 2.85. The maximum absolute atomic E-state index is 10.3. The molecule has 2 rings (SSSR count). The molecule has 0 radical (unpaired) electrons. The topological polar surface area (TPSA) is 76.0 Å². The number of fused-ring (bicyclic) bond motifs is 1. The van der Waals surface area contributed by atoms with Crippen LogP contribution in [0.3, 0.4) is 0 Å². The first-order valence-electron chi connectivity index (χ1n) is 5.77. The number of rotatable bonds is 5. The highest BCUT2D eigenvalue weighted by molar-refractivity contribution is 7.80. The van der Waals surface area contributed by atoms with Crippen molar-refractivity contribution in [2.24, 2.45) is 4.99 Å². The van der Waals surface area contributed by atoms with Gasteiger partial charge in [0.2, 0.25) is 0 Å². The van der Waals surface area contributed by atoms with Crippen LogP contribution in [0.25, 0.3) is 0 Å². The molecule has 0 saturated heterocycles. The lowest BCUT2D eigenvalue weighted by molar-refractivity contribution is 0.259. The molecule has 1 aromatic rings. The van der Waals surface area contributed by atoms with Crippen LogP contribution in [0.2, 0.25) is 0 Å². The first-order valence-corrected chi connectivity index (χ1v) is 7.14. The summed E-state index contributed by atoms with van der Waals surface area (Å²) in [5, 5.41) is 0. The lowest BCUT2D eigenvalue weighted by Crippen LogP contribution is -2.16. The monoisotopic (exact) mass is 269 g/mol. The Labute approximate surface area is 106 Å². The van der Waals surface area contributed by atoms with Gasteiger partial charge in [-0.1, -0.05) is 24.3 Å². The second-order valence-corrected chi connectivity index (χ2v) is 5.32. The van der Waals surface area contributed by atoms with Crippen molar-refractivity contribution in [3.8, 4) is 0 Å². The van der Waals surface area contributed by atoms with E-state index in [0.717, 1.165) is 18.4 Å². The van der Waals surface area contributed by atoms with Crippen LogP contribution >= 0.6 is 0 Å². The molecule has 1 aliphatic heterocycles. The first-order chi connectivity index (χ1) is 8.54. The van der Waals surface area contributed by atoms with Crippen LogP contribution in [0, 0.1) is 0 Å². The summed E-state index contributed by atoms with van der Waals surface area (Å²) in [5.41, 5.74) is 2.40. The van der Waals surface area contributed by atoms with Gasteiger partial charge < -0.3 is 0 Å². The highest BCUT2D eigenvalue weighted by atomic mass is 32.3. The molecule has 0 bridgehead atoms. The normalized spacial score (nSPS) is 18.6. The molecule has 1 aromatic carbocycles. The second kappa shape index (κ2) is 5.60. The van der Waals surface area contributed by atoms with Crippen molar-refractivity contribution in [2.75, 3.05) is 6.61 Å². The lowest BCUT2D eigenvalue weighted by Gasteiger charge is -2.18. The van der Waals surface area contributed by atoms with Gasteiger partial charge in [0.1, 0.15) is 0 Å². The van der Waals surface area contributed by atoms with E-state index >= 15 is 0 Å². The van der Waals surface area contributed by atoms with Crippen molar-refractivity contribution < 1.29 is 17.2 Å². The number of nitrogens with zero attached hydrogens (tertiary/aromatic N) is 1. The Kier molecular flexibility index (Phi) is 4.11. The van der Waals surface area contributed by atoms with E-state index in [1.807, 2.05) is 24.4 Å². The van der Waals surface area contributed by atoms with Gasteiger partial charge in [0.05, 0.1) is 12.6 Å². The smallest absolute Gasteiger partial charge is 0.289 e. The van der Waals surface area contributed by atoms with Gasteiger partial charge in [-0.3, -0.25) is 9.55 Å². The molecular weight excluding hydrogens is 254 g/mol. The van der Waals surface area contributed by atoms with E-state index < -0.39 is 10.4 Å². The Balaban J connectivity index is 1.80. The standard InChI is InChI=1S/C12H15NO4S/c14-18(15,16)17-7-3-6-12-8-10-4-1-2-5-11(10)9-13-12/h1-2,4-5,9,12H,3,6-8H2,(H,14,15,16). The van der Waals surface area contributed by atoms with Gasteiger partial charge >= 0.3 is 10.4 Å². The molecular formula is C12H15NO4S. The third kappa shape index (κ3) is 3.90. The molecule has 5 nitrogen and oxygen atoms in total. The van der Waals surface area contributed by atoms with E-state index in [2.05, 4.69) is 15.2 Å². The molecule has 98 valence electrons. The fourth-order valence-corrected chi connectivity index (χ4v) is 2.33. The van der Waals surface area contributed by atoms with Gasteiger partial charge in [0, 0.05) is 6.21 Å². The van der Waals surface area contributed by atoms with Gasteiger partial charge in [-0.15, -0.1) is 0 Å². The summed E-state index contributed by atoms with van der Waals surface area (Å²) in [6.45, 7) is -0.00744. The molecule has 1 N–H and O–H groups in total. The predicted molar refractivity (Wildman–Crippen MR) is 68.3 cm³/mol. The zero-order valence-electron chi connectivity index (χ0n) is 9.82. The van der Waals surface area contributed by atoms with Gasteiger partial charge in [-0.2, -0.15) is 8.42 Å². The molecule has 0 saturated carbocycles. The van der Waals surface area contributed by atoms with Gasteiger partial charge in [0.25, 0.3) is 0 Å². The van der Waals surface area contributed by atoms with Crippen LogP contribution in [0.5, 0.6) is 0 Å². The minimum atomic E-state index is -4.31. The minimum Gasteiger partial charge on any atom is -0.289 e. The SMILES string of the molecule is O=S(=O)(O)OCCCC1Cc2ccccc2C=N1. The number of aliphatic imine (C=N–C) groups is 1. The second-order valence-electron chi connectivity index (χ2n) is 4.23. The first kappa shape index (κ1) is 13.2. The van der Waals surface area contributed by atoms with E-state index in [4.69, 9.17) is 4.55 Å². The van der Waals surface area contributed by atoms with Gasteiger partial charge in [0.15, 0.2) is 0 Å². The maximum atomic E-state index is 10.3. The molecule has 1 aliphatic rings. The molecule has 6 heteroatoms. The van der Waals surface area contributed by atoms with Crippen molar-refractivity contribution in [1.82, 2.24) is 0 Å². The molecule has 1 heterocycles. The zero-order valence-corrected chi connectivity index (χ0v) is 10.6. The van der Waals surface area contributed by atoms with Crippen LogP contribution < -0.4 is 0 Å². The molecule has 0 amide bonds. The Bertz CT molecular complexity index is 539. The van der Waals surface area contributed by atoms with Crippen LogP contribution in [-0.4, -0.2) is 31.8 Å². The van der Waals surface area contributed by atoms with Crippen molar-refractivity contribution >= 4 is 16.6 Å². The summed E-state index contributed by atoms with van der Waals surface area (Å²) >= 11 is 0. The highest BCUT2D eigenvalue weighted by Crippen LogP contribution is 2.18. The fraction of sp³-hybridized carbons (Fsp3) is 0.417. The highest BCUT2D eigenvalue weighted by Gasteiger charge is 2.14. The van der Waals surface area contributed by atoms with Gasteiger partial charge in [-0.25, -0.2) is 4.18 Å². The summed E-state index contributed by atoms with van der Waals surface area (Å²) in [6, 6.07) is 8.23. The van der Waals surface area contributed by atoms with Crippen molar-refractivity contribution in [3.05, 3.63) is 35.4 Å². The molecule has 0 aromatic heterocycles. The van der Waals surface area contributed by atoms with Crippen molar-refractivity contribution in [3.63, 3.8) is 0 Å². The predicted octanol–water partition coefficient (Wildman–Crippen LogP) is 1.63. The summed E-state index contributed by atoms with van der Waals surface area (Å²) in [5.74, 6) is 0. The molecule has 0 fully saturated rings. The maximum Gasteiger partial charge on any atom is 0.397 e. The minimum absolute atomic E-state index is 0.00744. The Morgan fingerprint density at radius 2 is 2.17 bits per heavy atom. The quantitative estimate of drug-likeness (QED) is 0.651. The Morgan fingerprint density at radius 1 is 1.39 bits per heavy atom. The Morgan fingerprint density at radius 3 is 2.94 bits per heavy atom. The van der Waals surface area contributed by atoms with E-state index in [1.165, 1.54) is 5.56 Å². The van der Waals surface area contributed by atoms with Crippen LogP contribution in [0.1, 0.15) is 24.0 Å². The number of benzene rings is 1. The lowest BCUT2D eigenvalue weighted by atomic mass is 9.96. The molecule has 18 heavy (non-hydrogen) atoms. The number of hydrogen-bond acceptors (Lipinski definition) is 4. The molecule has 1 atom stereocenters. The molecule has 0 aliphatic carbocycles. The Hall–Kier alpha value is -1.24. The van der Waals surface area contributed by atoms with Crippen LogP contribution in [0.15, 0.2) is 29.3 Å². The van der Waals surface area contributed by atoms with E-state index in [9.17, 15) is 8.42 Å². The van der Waals surface area contributed by atoms with Gasteiger partial charge in [-0.05, 0) is 30.4 Å². The van der Waals surface area contributed by atoms with Crippen molar-refractivity contribution in [2.45, 2.75) is 25.3 Å². The van der Waals surface area contributed by atoms with Crippen molar-refractivity contribution in [1.29, 1.82) is 0 Å². The number of hydrogen-bond donors (Lipinski definition) is 1. The molecule has 1 unspecified atom stereocenters. The largest absolute Gasteiger partial charge is 0.397 e. The summed E-state index contributed by atoms with van der Waals surface area (Å²) in [7, 11) is -4.31. The zero-order chi connectivity index (χ0) is 13.0. The van der Waals surface area contributed by atoms with E-state index in [-0.39, 0.29) is 12.6 Å². The third-order valence-corrected chi connectivity index (χ3v) is 3.31. The molecule has 0 spiro atoms. The summed E-state index contributed by atoms with van der Waals surface area (Å²) in [6.07, 6.45) is 4.00. The fourth-order valence-electron chi connectivity index (χ4n) is 2.00. The summed E-state index contributed by atoms with van der Waals surface area (Å²) in [4.78, 5) is 4.41. The average Bonchev–Trinajstić information content (AvgIpc) is 2.33. The summed E-state index contributed by atoms with van der Waals surface area (Å²) < 4.78 is 33.4. The van der Waals surface area contributed by atoms with Crippen LogP contribution in [0.4, 0.5) is 0 Å². The van der Waals surface area contributed by atoms with E-state index in [1.54, 1.807) is 0 Å². The van der Waals surface area contributed by atoms with Crippen LogP contribution in [-0.2, 0) is 21.0 Å². The van der Waals surface area contributed by atoms with E-state index in [0.29, 0.717) is 6.42 Å².